The lowest BCUT2D eigenvalue weighted by molar-refractivity contribution is -0.175. The van der Waals surface area contributed by atoms with Gasteiger partial charge in [-0.1, -0.05) is 23.7 Å². The molecule has 6 nitrogen and oxygen atoms in total. The molecular weight excluding hydrogens is 474 g/mol. The number of halogens is 1. The Morgan fingerprint density at radius 3 is 2.78 bits per heavy atom. The molecule has 1 aromatic heterocycles. The number of carbonyl (C=O) groups excluding carboxylic acids is 1. The molecule has 0 radical (unpaired) electrons. The number of benzene rings is 1. The predicted molar refractivity (Wildman–Crippen MR) is 140 cm³/mol. The van der Waals surface area contributed by atoms with E-state index in [2.05, 4.69) is 17.2 Å². The monoisotopic (exact) mass is 513 g/mol. The summed E-state index contributed by atoms with van der Waals surface area (Å²) in [7, 11) is 1.85. The van der Waals surface area contributed by atoms with E-state index in [-0.39, 0.29) is 23.3 Å². The smallest absolute Gasteiger partial charge is 0.157 e. The number of fused-ring (bicyclic) bond motifs is 6. The van der Waals surface area contributed by atoms with Crippen molar-refractivity contribution >= 4 is 28.4 Å². The van der Waals surface area contributed by atoms with E-state index in [9.17, 15) is 9.90 Å². The summed E-state index contributed by atoms with van der Waals surface area (Å²) in [6, 6.07) is 5.52. The van der Waals surface area contributed by atoms with E-state index in [0.29, 0.717) is 34.5 Å². The maximum atomic E-state index is 13.8. The molecule has 4 aliphatic carbocycles. The van der Waals surface area contributed by atoms with Gasteiger partial charge in [0, 0.05) is 18.1 Å². The fourth-order valence-electron chi connectivity index (χ4n) is 9.62. The van der Waals surface area contributed by atoms with Gasteiger partial charge in [-0.3, -0.25) is 4.79 Å². The molecule has 0 saturated heterocycles. The lowest BCUT2D eigenvalue weighted by Crippen LogP contribution is -2.58. The molecule has 2 aromatic rings. The van der Waals surface area contributed by atoms with Crippen LogP contribution in [0.2, 0.25) is 5.02 Å². The van der Waals surface area contributed by atoms with Crippen molar-refractivity contribution in [3.63, 3.8) is 0 Å². The van der Waals surface area contributed by atoms with E-state index < -0.39 is 5.60 Å². The van der Waals surface area contributed by atoms with Gasteiger partial charge in [-0.25, -0.2) is 4.68 Å². The first-order valence-corrected chi connectivity index (χ1v) is 14.3. The molecule has 0 aliphatic heterocycles. The second-order valence-electron chi connectivity index (χ2n) is 13.0. The summed E-state index contributed by atoms with van der Waals surface area (Å²) in [5.74, 6) is 2.79. The minimum Gasteiger partial charge on any atom is -0.390 e. The van der Waals surface area contributed by atoms with Crippen LogP contribution in [0.15, 0.2) is 18.2 Å². The zero-order chi connectivity index (χ0) is 25.3. The van der Waals surface area contributed by atoms with Gasteiger partial charge in [0.2, 0.25) is 0 Å². The van der Waals surface area contributed by atoms with Crippen molar-refractivity contribution in [2.45, 2.75) is 83.8 Å². The van der Waals surface area contributed by atoms with Crippen molar-refractivity contribution < 1.29 is 14.6 Å². The fraction of sp³-hybridized carbons (Fsp3) is 0.759. The number of ketones is 1. The lowest BCUT2D eigenvalue weighted by atomic mass is 9.43. The molecule has 0 bridgehead atoms. The normalized spacial score (nSPS) is 42.1. The summed E-state index contributed by atoms with van der Waals surface area (Å²) >= 11 is 6.21. The number of hydrogen-bond acceptors (Lipinski definition) is 5. The number of carbonyl (C=O) groups is 1. The van der Waals surface area contributed by atoms with Crippen molar-refractivity contribution in [2.24, 2.45) is 40.4 Å². The van der Waals surface area contributed by atoms with E-state index in [1.54, 1.807) is 4.68 Å². The number of hydrogen-bond donors (Lipinski definition) is 1. The van der Waals surface area contributed by atoms with Gasteiger partial charge < -0.3 is 9.84 Å². The highest BCUT2D eigenvalue weighted by Gasteiger charge is 2.63. The number of rotatable bonds is 5. The Balaban J connectivity index is 1.24. The Kier molecular flexibility index (Phi) is 6.05. The first-order valence-electron chi connectivity index (χ1n) is 13.9. The van der Waals surface area contributed by atoms with E-state index in [4.69, 9.17) is 16.3 Å². The number of Topliss-reactive ketones (excluding diaryl/α,β-unsaturated/α-hetero) is 1. The van der Waals surface area contributed by atoms with Crippen molar-refractivity contribution in [3.8, 4) is 0 Å². The van der Waals surface area contributed by atoms with Crippen LogP contribution in [-0.2, 0) is 16.1 Å². The number of methoxy groups -OCH3 is 1. The quantitative estimate of drug-likeness (QED) is 0.555. The van der Waals surface area contributed by atoms with Gasteiger partial charge in [0.25, 0.3) is 0 Å². The molecule has 7 heteroatoms. The maximum Gasteiger partial charge on any atom is 0.157 e. The van der Waals surface area contributed by atoms with E-state index in [0.717, 1.165) is 56.2 Å². The van der Waals surface area contributed by atoms with Crippen LogP contribution in [0.3, 0.4) is 0 Å². The van der Waals surface area contributed by atoms with Crippen molar-refractivity contribution in [2.75, 3.05) is 13.7 Å². The number of aliphatic hydroxyl groups is 1. The van der Waals surface area contributed by atoms with Gasteiger partial charge >= 0.3 is 0 Å². The van der Waals surface area contributed by atoms with E-state index in [1.807, 2.05) is 32.2 Å². The van der Waals surface area contributed by atoms with Crippen LogP contribution < -0.4 is 0 Å². The highest BCUT2D eigenvalue weighted by molar-refractivity contribution is 6.31. The van der Waals surface area contributed by atoms with Gasteiger partial charge in [-0.05, 0) is 117 Å². The van der Waals surface area contributed by atoms with E-state index in [1.165, 1.54) is 19.3 Å². The second-order valence-corrected chi connectivity index (χ2v) is 13.5. The Bertz CT molecular complexity index is 1160. The average Bonchev–Trinajstić information content (AvgIpc) is 3.39. The summed E-state index contributed by atoms with van der Waals surface area (Å²) in [5.41, 5.74) is 1.29. The minimum absolute atomic E-state index is 0.0491. The summed E-state index contributed by atoms with van der Waals surface area (Å²) in [6.07, 6.45) is 9.64. The summed E-state index contributed by atoms with van der Waals surface area (Å²) in [4.78, 5) is 13.8. The molecule has 0 amide bonds. The van der Waals surface area contributed by atoms with Gasteiger partial charge in [0.05, 0.1) is 17.7 Å². The first kappa shape index (κ1) is 24.8. The third-order valence-corrected chi connectivity index (χ3v) is 11.5. The van der Waals surface area contributed by atoms with Crippen LogP contribution in [0.5, 0.6) is 0 Å². The summed E-state index contributed by atoms with van der Waals surface area (Å²) in [6.45, 7) is 5.50. The molecule has 0 unspecified atom stereocenters. The molecule has 4 fully saturated rings. The van der Waals surface area contributed by atoms with Crippen molar-refractivity contribution in [1.29, 1.82) is 0 Å². The van der Waals surface area contributed by atoms with Crippen LogP contribution in [0.1, 0.15) is 71.6 Å². The maximum absolute atomic E-state index is 13.8. The number of ether oxygens (including phenoxy) is 1. The molecule has 196 valence electrons. The molecule has 1 heterocycles. The average molecular weight is 514 g/mol. The minimum atomic E-state index is -0.543. The molecule has 0 spiro atoms. The molecule has 6 rings (SSSR count). The Hall–Kier alpha value is -1.50. The SMILES string of the molecule is COC[C@]12CC[C@@](C)(O)C[C@H]1CC[C@H]1[C@@H]3CC[C@H](C(=O)Cn4nnc5ccc(Cl)cc54)[C@@]3(C)CC[C@@H]12. The molecule has 1 N–H and O–H groups in total. The summed E-state index contributed by atoms with van der Waals surface area (Å²) in [5, 5.41) is 20.0. The Morgan fingerprint density at radius 1 is 1.14 bits per heavy atom. The number of aromatic nitrogens is 3. The standard InChI is InChI=1S/C29H40ClN3O3/c1-27(35)12-13-29(17-36-3)18(15-27)4-6-20-21-7-8-23(28(21,2)11-10-22(20)29)26(34)16-33-25-14-19(30)5-9-24(25)31-32-33/h5,9,14,18,20-23,35H,4,6-8,10-13,15-17H2,1-3H3/t18-,20+,21+,22+,23-,27-,28+,29-/m1/s1. The van der Waals surface area contributed by atoms with Crippen molar-refractivity contribution in [1.82, 2.24) is 15.0 Å². The van der Waals surface area contributed by atoms with Crippen LogP contribution >= 0.6 is 11.6 Å². The third-order valence-electron chi connectivity index (χ3n) is 11.2. The lowest BCUT2D eigenvalue weighted by Gasteiger charge is -2.62. The zero-order valence-corrected chi connectivity index (χ0v) is 22.6. The number of nitrogens with zero attached hydrogens (tertiary/aromatic N) is 3. The van der Waals surface area contributed by atoms with Crippen molar-refractivity contribution in [3.05, 3.63) is 23.2 Å². The van der Waals surface area contributed by atoms with Crippen LogP contribution in [-0.4, -0.2) is 45.2 Å². The highest BCUT2D eigenvalue weighted by Crippen LogP contribution is 2.68. The largest absolute Gasteiger partial charge is 0.390 e. The Labute approximate surface area is 219 Å². The predicted octanol–water partition coefficient (Wildman–Crippen LogP) is 5.69. The first-order chi connectivity index (χ1) is 17.2. The molecule has 36 heavy (non-hydrogen) atoms. The van der Waals surface area contributed by atoms with Gasteiger partial charge in [0.1, 0.15) is 12.1 Å². The highest BCUT2D eigenvalue weighted by atomic mass is 35.5. The second kappa shape index (κ2) is 8.78. The van der Waals surface area contributed by atoms with E-state index >= 15 is 0 Å². The van der Waals surface area contributed by atoms with Crippen LogP contribution in [0.25, 0.3) is 11.0 Å². The zero-order valence-electron chi connectivity index (χ0n) is 21.9. The molecule has 8 atom stereocenters. The van der Waals surface area contributed by atoms with Gasteiger partial charge in [-0.2, -0.15) is 0 Å². The van der Waals surface area contributed by atoms with Crippen LogP contribution in [0, 0.1) is 40.4 Å². The molecule has 1 aromatic carbocycles. The van der Waals surface area contributed by atoms with Crippen LogP contribution in [0.4, 0.5) is 0 Å². The molecule has 4 saturated carbocycles. The Morgan fingerprint density at radius 2 is 1.97 bits per heavy atom. The topological polar surface area (TPSA) is 77.2 Å². The summed E-state index contributed by atoms with van der Waals surface area (Å²) < 4.78 is 7.63. The van der Waals surface area contributed by atoms with Gasteiger partial charge in [0.15, 0.2) is 5.78 Å². The van der Waals surface area contributed by atoms with Gasteiger partial charge in [-0.15, -0.1) is 5.10 Å². The molecular formula is C29H40ClN3O3. The third kappa shape index (κ3) is 3.77. The molecule has 4 aliphatic rings. The fourth-order valence-corrected chi connectivity index (χ4v) is 9.79.